The molecule has 4 nitrogen and oxygen atoms in total. The van der Waals surface area contributed by atoms with Gasteiger partial charge in [-0.25, -0.2) is 4.98 Å². The highest BCUT2D eigenvalue weighted by molar-refractivity contribution is 5.24. The molecule has 1 atom stereocenters. The molecule has 21 heavy (non-hydrogen) atoms. The first kappa shape index (κ1) is 16.2. The second kappa shape index (κ2) is 7.76. The van der Waals surface area contributed by atoms with Gasteiger partial charge in [0, 0.05) is 30.4 Å². The van der Waals surface area contributed by atoms with Crippen LogP contribution in [0.4, 0.5) is 0 Å². The molecule has 1 aliphatic rings. The van der Waals surface area contributed by atoms with Gasteiger partial charge in [-0.3, -0.25) is 0 Å². The van der Waals surface area contributed by atoms with Crippen LogP contribution < -0.4 is 10.1 Å². The number of aromatic nitrogens is 1. The molecule has 0 radical (unpaired) electrons. The van der Waals surface area contributed by atoms with E-state index in [9.17, 15) is 0 Å². The zero-order chi connectivity index (χ0) is 15.2. The van der Waals surface area contributed by atoms with Gasteiger partial charge < -0.3 is 15.0 Å². The molecule has 0 spiro atoms. The third-order valence-corrected chi connectivity index (χ3v) is 4.08. The summed E-state index contributed by atoms with van der Waals surface area (Å²) in [6.45, 7) is 9.17. The molecule has 2 heterocycles. The quantitative estimate of drug-likeness (QED) is 0.838. The molecule has 0 aliphatic carbocycles. The Labute approximate surface area is 128 Å². The number of pyridine rings is 1. The molecule has 1 aliphatic heterocycles. The van der Waals surface area contributed by atoms with Crippen LogP contribution in [0.25, 0.3) is 0 Å². The van der Waals surface area contributed by atoms with E-state index in [1.807, 2.05) is 6.92 Å². The van der Waals surface area contributed by atoms with Gasteiger partial charge in [0.05, 0.1) is 6.61 Å². The van der Waals surface area contributed by atoms with E-state index >= 15 is 0 Å². The van der Waals surface area contributed by atoms with Crippen LogP contribution in [0.15, 0.2) is 12.1 Å². The average molecular weight is 291 g/mol. The lowest BCUT2D eigenvalue weighted by atomic mass is 10.1. The number of ether oxygens (including phenoxy) is 1. The van der Waals surface area contributed by atoms with Crippen LogP contribution in [0.1, 0.15) is 44.4 Å². The van der Waals surface area contributed by atoms with E-state index in [0.717, 1.165) is 31.1 Å². The van der Waals surface area contributed by atoms with Crippen LogP contribution in [0, 0.1) is 6.92 Å². The fourth-order valence-corrected chi connectivity index (χ4v) is 2.85. The van der Waals surface area contributed by atoms with Gasteiger partial charge in [0.25, 0.3) is 0 Å². The third-order valence-electron chi connectivity index (χ3n) is 4.08. The molecule has 0 amide bonds. The first-order chi connectivity index (χ1) is 10.0. The van der Waals surface area contributed by atoms with Crippen molar-refractivity contribution < 1.29 is 4.74 Å². The Morgan fingerprint density at radius 1 is 1.43 bits per heavy atom. The highest BCUT2D eigenvalue weighted by atomic mass is 16.5. The van der Waals surface area contributed by atoms with Gasteiger partial charge in [-0.1, -0.05) is 13.8 Å². The van der Waals surface area contributed by atoms with Crippen LogP contribution >= 0.6 is 0 Å². The predicted molar refractivity (Wildman–Crippen MR) is 86.7 cm³/mol. The monoisotopic (exact) mass is 291 g/mol. The fourth-order valence-electron chi connectivity index (χ4n) is 2.85. The van der Waals surface area contributed by atoms with Gasteiger partial charge >= 0.3 is 0 Å². The van der Waals surface area contributed by atoms with Crippen LogP contribution in [-0.2, 0) is 6.54 Å². The highest BCUT2D eigenvalue weighted by Gasteiger charge is 2.20. The second-order valence-corrected chi connectivity index (χ2v) is 6.40. The Bertz CT molecular complexity index is 448. The predicted octanol–water partition coefficient (Wildman–Crippen LogP) is 2.75. The Hall–Kier alpha value is -1.13. The van der Waals surface area contributed by atoms with E-state index in [4.69, 9.17) is 4.74 Å². The Balaban J connectivity index is 1.84. The number of nitrogens with one attached hydrogen (secondary N) is 1. The second-order valence-electron chi connectivity index (χ2n) is 6.40. The maximum atomic E-state index is 5.88. The molecule has 0 saturated carbocycles. The Morgan fingerprint density at radius 3 is 2.90 bits per heavy atom. The standard InChI is InChI=1S/C17H29N3O/c1-13(2)18-12-15-10-14(3)19-17(11-15)21-9-7-16-6-5-8-20(16)4/h10-11,13,16,18H,5-9,12H2,1-4H3. The molecule has 118 valence electrons. The van der Waals surface area contributed by atoms with Crippen molar-refractivity contribution >= 4 is 0 Å². The van der Waals surface area contributed by atoms with Gasteiger partial charge in [-0.2, -0.15) is 0 Å². The van der Waals surface area contributed by atoms with Crippen molar-refractivity contribution in [2.45, 2.75) is 58.7 Å². The zero-order valence-electron chi connectivity index (χ0n) is 13.9. The molecule has 1 fully saturated rings. The molecule has 1 unspecified atom stereocenters. The summed E-state index contributed by atoms with van der Waals surface area (Å²) in [5.41, 5.74) is 2.26. The van der Waals surface area contributed by atoms with Gasteiger partial charge in [0.1, 0.15) is 0 Å². The summed E-state index contributed by atoms with van der Waals surface area (Å²) in [4.78, 5) is 6.92. The molecule has 1 N–H and O–H groups in total. The zero-order valence-corrected chi connectivity index (χ0v) is 13.9. The number of nitrogens with zero attached hydrogens (tertiary/aromatic N) is 2. The number of rotatable bonds is 7. The molecule has 4 heteroatoms. The number of hydrogen-bond acceptors (Lipinski definition) is 4. The highest BCUT2D eigenvalue weighted by Crippen LogP contribution is 2.19. The minimum Gasteiger partial charge on any atom is -0.478 e. The molecule has 0 aromatic carbocycles. The summed E-state index contributed by atoms with van der Waals surface area (Å²) in [6, 6.07) is 5.34. The number of likely N-dealkylation sites (tertiary alicyclic amines) is 1. The first-order valence-electron chi connectivity index (χ1n) is 8.08. The van der Waals surface area contributed by atoms with Gasteiger partial charge in [0.15, 0.2) is 0 Å². The topological polar surface area (TPSA) is 37.4 Å². The first-order valence-corrected chi connectivity index (χ1v) is 8.08. The van der Waals surface area contributed by atoms with Crippen molar-refractivity contribution in [3.05, 3.63) is 23.4 Å². The largest absolute Gasteiger partial charge is 0.478 e. The summed E-state index contributed by atoms with van der Waals surface area (Å²) in [7, 11) is 2.21. The normalized spacial score (nSPS) is 19.4. The van der Waals surface area contributed by atoms with Crippen molar-refractivity contribution in [1.29, 1.82) is 0 Å². The summed E-state index contributed by atoms with van der Waals surface area (Å²) in [5, 5.41) is 3.43. The molecule has 0 bridgehead atoms. The minimum absolute atomic E-state index is 0.487. The Morgan fingerprint density at radius 2 is 2.24 bits per heavy atom. The SMILES string of the molecule is Cc1cc(CNC(C)C)cc(OCCC2CCCN2C)n1. The third kappa shape index (κ3) is 5.29. The van der Waals surface area contributed by atoms with E-state index < -0.39 is 0 Å². The lowest BCUT2D eigenvalue weighted by Crippen LogP contribution is -2.26. The molecule has 1 aromatic rings. The smallest absolute Gasteiger partial charge is 0.213 e. The van der Waals surface area contributed by atoms with Crippen LogP contribution in [0.3, 0.4) is 0 Å². The minimum atomic E-state index is 0.487. The summed E-state index contributed by atoms with van der Waals surface area (Å²) >= 11 is 0. The molecular formula is C17H29N3O. The molecule has 1 aromatic heterocycles. The lowest BCUT2D eigenvalue weighted by molar-refractivity contribution is 0.228. The molecule has 2 rings (SSSR count). The number of aryl methyl sites for hydroxylation is 1. The summed E-state index contributed by atoms with van der Waals surface area (Å²) in [5.74, 6) is 0.760. The molecule has 1 saturated heterocycles. The Kier molecular flexibility index (Phi) is 6.00. The van der Waals surface area contributed by atoms with Crippen LogP contribution in [0.5, 0.6) is 5.88 Å². The van der Waals surface area contributed by atoms with E-state index in [-0.39, 0.29) is 0 Å². The van der Waals surface area contributed by atoms with Gasteiger partial charge in [-0.05, 0) is 51.4 Å². The van der Waals surface area contributed by atoms with E-state index in [1.54, 1.807) is 0 Å². The van der Waals surface area contributed by atoms with Gasteiger partial charge in [-0.15, -0.1) is 0 Å². The van der Waals surface area contributed by atoms with Crippen molar-refractivity contribution in [2.75, 3.05) is 20.2 Å². The van der Waals surface area contributed by atoms with E-state index in [2.05, 4.69) is 48.2 Å². The van der Waals surface area contributed by atoms with Crippen molar-refractivity contribution in [3.63, 3.8) is 0 Å². The maximum Gasteiger partial charge on any atom is 0.213 e. The van der Waals surface area contributed by atoms with E-state index in [0.29, 0.717) is 12.1 Å². The van der Waals surface area contributed by atoms with Crippen molar-refractivity contribution in [3.8, 4) is 5.88 Å². The maximum absolute atomic E-state index is 5.88. The van der Waals surface area contributed by atoms with Crippen LogP contribution in [0.2, 0.25) is 0 Å². The summed E-state index contributed by atoms with van der Waals surface area (Å²) < 4.78 is 5.88. The summed E-state index contributed by atoms with van der Waals surface area (Å²) in [6.07, 6.45) is 3.70. The van der Waals surface area contributed by atoms with E-state index in [1.165, 1.54) is 24.9 Å². The lowest BCUT2D eigenvalue weighted by Gasteiger charge is -2.19. The van der Waals surface area contributed by atoms with Gasteiger partial charge in [0.2, 0.25) is 5.88 Å². The average Bonchev–Trinajstić information content (AvgIpc) is 2.82. The van der Waals surface area contributed by atoms with Crippen LogP contribution in [-0.4, -0.2) is 42.2 Å². The fraction of sp³-hybridized carbons (Fsp3) is 0.706. The van der Waals surface area contributed by atoms with Crippen molar-refractivity contribution in [2.24, 2.45) is 0 Å². The number of hydrogen-bond donors (Lipinski definition) is 1. The molecular weight excluding hydrogens is 262 g/mol. The van der Waals surface area contributed by atoms with Crippen molar-refractivity contribution in [1.82, 2.24) is 15.2 Å².